The third-order valence-corrected chi connectivity index (χ3v) is 2.76. The van der Waals surface area contributed by atoms with Gasteiger partial charge in [-0.1, -0.05) is 18.2 Å². The van der Waals surface area contributed by atoms with E-state index in [2.05, 4.69) is 30.4 Å². The Balaban J connectivity index is 2.32. The summed E-state index contributed by atoms with van der Waals surface area (Å²) in [6.45, 7) is 3.26. The molecule has 1 aliphatic rings. The van der Waals surface area contributed by atoms with Crippen LogP contribution in [0.2, 0.25) is 0 Å². The number of rotatable bonds is 1. The number of fused-ring (bicyclic) bond motifs is 1. The summed E-state index contributed by atoms with van der Waals surface area (Å²) in [5.41, 5.74) is 4.14. The SMILES string of the molecule is Cc1cccc2c1CC(CO)NC2. The Labute approximate surface area is 78.6 Å². The molecule has 70 valence electrons. The molecular formula is C11H15NO. The smallest absolute Gasteiger partial charge is 0.0587 e. The van der Waals surface area contributed by atoms with Crippen LogP contribution in [0.15, 0.2) is 18.2 Å². The Bertz CT molecular complexity index is 309. The molecule has 1 aromatic rings. The second-order valence-corrected chi connectivity index (χ2v) is 3.68. The molecule has 0 saturated carbocycles. The molecule has 1 unspecified atom stereocenters. The van der Waals surface area contributed by atoms with Crippen molar-refractivity contribution in [2.75, 3.05) is 6.61 Å². The number of aryl methyl sites for hydroxylation is 1. The van der Waals surface area contributed by atoms with Gasteiger partial charge in [-0.15, -0.1) is 0 Å². The predicted octanol–water partition coefficient (Wildman–Crippen LogP) is 1.00. The molecule has 2 N–H and O–H groups in total. The molecule has 13 heavy (non-hydrogen) atoms. The lowest BCUT2D eigenvalue weighted by Gasteiger charge is -2.25. The number of aliphatic hydroxyl groups excluding tert-OH is 1. The van der Waals surface area contributed by atoms with Crippen molar-refractivity contribution < 1.29 is 5.11 Å². The molecule has 2 nitrogen and oxygen atoms in total. The van der Waals surface area contributed by atoms with Crippen molar-refractivity contribution in [2.24, 2.45) is 0 Å². The summed E-state index contributed by atoms with van der Waals surface area (Å²) in [5.74, 6) is 0. The number of hydrogen-bond donors (Lipinski definition) is 2. The van der Waals surface area contributed by atoms with Crippen molar-refractivity contribution >= 4 is 0 Å². The van der Waals surface area contributed by atoms with Crippen LogP contribution in [0, 0.1) is 6.92 Å². The van der Waals surface area contributed by atoms with Crippen LogP contribution in [0.1, 0.15) is 16.7 Å². The first-order chi connectivity index (χ1) is 6.31. The maximum Gasteiger partial charge on any atom is 0.0587 e. The van der Waals surface area contributed by atoms with Crippen molar-refractivity contribution in [2.45, 2.75) is 25.9 Å². The van der Waals surface area contributed by atoms with E-state index in [4.69, 9.17) is 5.11 Å². The van der Waals surface area contributed by atoms with Crippen molar-refractivity contribution in [1.82, 2.24) is 5.32 Å². The lowest BCUT2D eigenvalue weighted by atomic mass is 9.92. The first kappa shape index (κ1) is 8.73. The van der Waals surface area contributed by atoms with Crippen LogP contribution in [0.4, 0.5) is 0 Å². The van der Waals surface area contributed by atoms with E-state index in [1.807, 2.05) is 0 Å². The molecule has 0 saturated heterocycles. The minimum atomic E-state index is 0.230. The van der Waals surface area contributed by atoms with Gasteiger partial charge in [0.15, 0.2) is 0 Å². The summed E-state index contributed by atoms with van der Waals surface area (Å²) in [5, 5.41) is 12.3. The lowest BCUT2D eigenvalue weighted by Crippen LogP contribution is -2.38. The maximum absolute atomic E-state index is 9.04. The molecule has 1 aliphatic heterocycles. The molecule has 0 bridgehead atoms. The fourth-order valence-corrected chi connectivity index (χ4v) is 1.92. The normalized spacial score (nSPS) is 21.2. The quantitative estimate of drug-likeness (QED) is 0.670. The molecule has 1 aromatic carbocycles. The molecule has 2 rings (SSSR count). The van der Waals surface area contributed by atoms with Gasteiger partial charge < -0.3 is 10.4 Å². The van der Waals surface area contributed by atoms with Gasteiger partial charge in [0.1, 0.15) is 0 Å². The average Bonchev–Trinajstić information content (AvgIpc) is 2.18. The predicted molar refractivity (Wildman–Crippen MR) is 52.6 cm³/mol. The molecular weight excluding hydrogens is 162 g/mol. The van der Waals surface area contributed by atoms with Gasteiger partial charge in [0.05, 0.1) is 6.61 Å². The minimum absolute atomic E-state index is 0.230. The van der Waals surface area contributed by atoms with Gasteiger partial charge >= 0.3 is 0 Å². The standard InChI is InChI=1S/C11H15NO/c1-8-3-2-4-9-6-12-10(7-13)5-11(8)9/h2-4,10,12-13H,5-7H2,1H3. The Morgan fingerprint density at radius 2 is 2.38 bits per heavy atom. The molecule has 0 amide bonds. The zero-order valence-corrected chi connectivity index (χ0v) is 7.88. The molecule has 2 heteroatoms. The van der Waals surface area contributed by atoms with E-state index in [1.54, 1.807) is 0 Å². The highest BCUT2D eigenvalue weighted by Gasteiger charge is 2.17. The molecule has 1 atom stereocenters. The number of benzene rings is 1. The van der Waals surface area contributed by atoms with E-state index >= 15 is 0 Å². The van der Waals surface area contributed by atoms with Gasteiger partial charge in [-0.05, 0) is 30.0 Å². The maximum atomic E-state index is 9.04. The third-order valence-electron chi connectivity index (χ3n) is 2.76. The largest absolute Gasteiger partial charge is 0.395 e. The zero-order valence-electron chi connectivity index (χ0n) is 7.88. The lowest BCUT2D eigenvalue weighted by molar-refractivity contribution is 0.235. The Morgan fingerprint density at radius 3 is 3.15 bits per heavy atom. The molecule has 0 aliphatic carbocycles. The van der Waals surface area contributed by atoms with Gasteiger partial charge in [-0.3, -0.25) is 0 Å². The highest BCUT2D eigenvalue weighted by atomic mass is 16.3. The van der Waals surface area contributed by atoms with Gasteiger partial charge in [-0.25, -0.2) is 0 Å². The van der Waals surface area contributed by atoms with E-state index in [9.17, 15) is 0 Å². The molecule has 0 fully saturated rings. The highest BCUT2D eigenvalue weighted by Crippen LogP contribution is 2.19. The van der Waals surface area contributed by atoms with Crippen molar-refractivity contribution in [3.8, 4) is 0 Å². The fraction of sp³-hybridized carbons (Fsp3) is 0.455. The third kappa shape index (κ3) is 1.60. The van der Waals surface area contributed by atoms with Gasteiger partial charge in [0, 0.05) is 12.6 Å². The topological polar surface area (TPSA) is 32.3 Å². The molecule has 0 radical (unpaired) electrons. The highest BCUT2D eigenvalue weighted by molar-refractivity contribution is 5.36. The number of hydrogen-bond acceptors (Lipinski definition) is 2. The Hall–Kier alpha value is -0.860. The summed E-state index contributed by atoms with van der Waals surface area (Å²) < 4.78 is 0. The van der Waals surface area contributed by atoms with Crippen LogP contribution in [0.5, 0.6) is 0 Å². The van der Waals surface area contributed by atoms with Crippen molar-refractivity contribution in [1.29, 1.82) is 0 Å². The van der Waals surface area contributed by atoms with E-state index < -0.39 is 0 Å². The number of aliphatic hydroxyl groups is 1. The first-order valence-electron chi connectivity index (χ1n) is 4.73. The van der Waals surface area contributed by atoms with Crippen LogP contribution in [-0.2, 0) is 13.0 Å². The van der Waals surface area contributed by atoms with Gasteiger partial charge in [0.25, 0.3) is 0 Å². The molecule has 1 heterocycles. The van der Waals surface area contributed by atoms with Crippen LogP contribution >= 0.6 is 0 Å². The minimum Gasteiger partial charge on any atom is -0.395 e. The van der Waals surface area contributed by atoms with Gasteiger partial charge in [0.2, 0.25) is 0 Å². The van der Waals surface area contributed by atoms with Gasteiger partial charge in [-0.2, -0.15) is 0 Å². The summed E-state index contributed by atoms with van der Waals surface area (Å²) in [6, 6.07) is 6.63. The second-order valence-electron chi connectivity index (χ2n) is 3.68. The fourth-order valence-electron chi connectivity index (χ4n) is 1.92. The van der Waals surface area contributed by atoms with E-state index in [1.165, 1.54) is 16.7 Å². The molecule has 0 spiro atoms. The van der Waals surface area contributed by atoms with Crippen LogP contribution in [-0.4, -0.2) is 17.8 Å². The Kier molecular flexibility index (Phi) is 2.34. The molecule has 0 aromatic heterocycles. The number of nitrogens with one attached hydrogen (secondary N) is 1. The summed E-state index contributed by atoms with van der Waals surface area (Å²) >= 11 is 0. The first-order valence-corrected chi connectivity index (χ1v) is 4.73. The van der Waals surface area contributed by atoms with E-state index in [0.29, 0.717) is 0 Å². The summed E-state index contributed by atoms with van der Waals surface area (Å²) in [7, 11) is 0. The monoisotopic (exact) mass is 177 g/mol. The van der Waals surface area contributed by atoms with Crippen molar-refractivity contribution in [3.63, 3.8) is 0 Å². The van der Waals surface area contributed by atoms with E-state index in [-0.39, 0.29) is 12.6 Å². The Morgan fingerprint density at radius 1 is 1.54 bits per heavy atom. The van der Waals surface area contributed by atoms with Crippen LogP contribution in [0.3, 0.4) is 0 Å². The van der Waals surface area contributed by atoms with Crippen molar-refractivity contribution in [3.05, 3.63) is 34.9 Å². The zero-order chi connectivity index (χ0) is 9.26. The summed E-state index contributed by atoms with van der Waals surface area (Å²) in [4.78, 5) is 0. The summed E-state index contributed by atoms with van der Waals surface area (Å²) in [6.07, 6.45) is 0.957. The van der Waals surface area contributed by atoms with E-state index in [0.717, 1.165) is 13.0 Å². The second kappa shape index (κ2) is 3.48. The van der Waals surface area contributed by atoms with Crippen LogP contribution in [0.25, 0.3) is 0 Å². The van der Waals surface area contributed by atoms with Crippen LogP contribution < -0.4 is 5.32 Å². The average molecular weight is 177 g/mol.